The van der Waals surface area contributed by atoms with Gasteiger partial charge in [0, 0.05) is 37.8 Å². The molecule has 0 amide bonds. The van der Waals surface area contributed by atoms with Crippen LogP contribution in [-0.4, -0.2) is 41.0 Å². The van der Waals surface area contributed by atoms with Crippen molar-refractivity contribution in [3.8, 4) is 0 Å². The summed E-state index contributed by atoms with van der Waals surface area (Å²) >= 11 is 0. The zero-order valence-electron chi connectivity index (χ0n) is 10.6. The van der Waals surface area contributed by atoms with E-state index in [-0.39, 0.29) is 6.04 Å². The lowest BCUT2D eigenvalue weighted by atomic mass is 10.2. The molecule has 1 saturated heterocycles. The van der Waals surface area contributed by atoms with Crippen molar-refractivity contribution in [3.63, 3.8) is 0 Å². The minimum Gasteiger partial charge on any atom is -0.314 e. The van der Waals surface area contributed by atoms with Crippen molar-refractivity contribution in [2.24, 2.45) is 0 Å². The predicted molar refractivity (Wildman–Crippen MR) is 72.4 cm³/mol. The molecule has 1 aromatic carbocycles. The number of para-hydroxylation sites is 1. The SMILES string of the molecule is C[C@@H](c1ncc2ccccc2n1)N1CCNCC1. The third kappa shape index (κ3) is 2.21. The highest BCUT2D eigenvalue weighted by Crippen LogP contribution is 2.19. The standard InChI is InChI=1S/C14H18N4/c1-11(18-8-6-15-7-9-18)14-16-10-12-4-2-3-5-13(12)17-14/h2-5,10-11,15H,6-9H2,1H3/t11-/m0/s1. The maximum absolute atomic E-state index is 4.68. The average molecular weight is 242 g/mol. The first kappa shape index (κ1) is 11.6. The van der Waals surface area contributed by atoms with Crippen LogP contribution in [0.5, 0.6) is 0 Å². The van der Waals surface area contributed by atoms with Gasteiger partial charge in [0.05, 0.1) is 11.6 Å². The molecule has 1 aliphatic rings. The molecule has 1 aromatic heterocycles. The fraction of sp³-hybridized carbons (Fsp3) is 0.429. The normalized spacial score (nSPS) is 18.9. The summed E-state index contributed by atoms with van der Waals surface area (Å²) in [6.45, 7) is 6.43. The summed E-state index contributed by atoms with van der Waals surface area (Å²) in [6.07, 6.45) is 1.93. The van der Waals surface area contributed by atoms with Gasteiger partial charge in [-0.05, 0) is 13.0 Å². The fourth-order valence-corrected chi connectivity index (χ4v) is 2.42. The van der Waals surface area contributed by atoms with Gasteiger partial charge in [0.25, 0.3) is 0 Å². The summed E-state index contributed by atoms with van der Waals surface area (Å²) in [5.74, 6) is 0.926. The molecule has 94 valence electrons. The van der Waals surface area contributed by atoms with Gasteiger partial charge in [-0.15, -0.1) is 0 Å². The van der Waals surface area contributed by atoms with Crippen LogP contribution in [0.4, 0.5) is 0 Å². The van der Waals surface area contributed by atoms with Crippen LogP contribution in [0.25, 0.3) is 10.9 Å². The molecule has 0 bridgehead atoms. The lowest BCUT2D eigenvalue weighted by Crippen LogP contribution is -2.44. The van der Waals surface area contributed by atoms with E-state index in [1.807, 2.05) is 24.4 Å². The van der Waals surface area contributed by atoms with E-state index in [0.29, 0.717) is 0 Å². The average Bonchev–Trinajstić information content (AvgIpc) is 2.47. The number of aromatic nitrogens is 2. The zero-order valence-corrected chi connectivity index (χ0v) is 10.6. The summed E-state index contributed by atoms with van der Waals surface area (Å²) in [5, 5.41) is 4.47. The second-order valence-corrected chi connectivity index (χ2v) is 4.75. The van der Waals surface area contributed by atoms with Crippen LogP contribution in [0.15, 0.2) is 30.5 Å². The van der Waals surface area contributed by atoms with Crippen molar-refractivity contribution >= 4 is 10.9 Å². The number of nitrogens with one attached hydrogen (secondary N) is 1. The molecular weight excluding hydrogens is 224 g/mol. The van der Waals surface area contributed by atoms with Gasteiger partial charge in [-0.2, -0.15) is 0 Å². The quantitative estimate of drug-likeness (QED) is 0.868. The van der Waals surface area contributed by atoms with Gasteiger partial charge in [-0.3, -0.25) is 4.90 Å². The van der Waals surface area contributed by atoms with E-state index in [1.54, 1.807) is 0 Å². The highest BCUT2D eigenvalue weighted by atomic mass is 15.2. The fourth-order valence-electron chi connectivity index (χ4n) is 2.42. The molecule has 4 heteroatoms. The summed E-state index contributed by atoms with van der Waals surface area (Å²) < 4.78 is 0. The smallest absolute Gasteiger partial charge is 0.145 e. The Balaban J connectivity index is 1.88. The third-order valence-corrected chi connectivity index (χ3v) is 3.58. The first-order chi connectivity index (χ1) is 8.84. The topological polar surface area (TPSA) is 41.1 Å². The molecule has 0 aliphatic carbocycles. The van der Waals surface area contributed by atoms with Crippen LogP contribution >= 0.6 is 0 Å². The summed E-state index contributed by atoms with van der Waals surface area (Å²) in [4.78, 5) is 11.6. The Morgan fingerprint density at radius 3 is 2.83 bits per heavy atom. The molecule has 1 atom stereocenters. The molecule has 4 nitrogen and oxygen atoms in total. The van der Waals surface area contributed by atoms with E-state index in [1.165, 1.54) is 0 Å². The van der Waals surface area contributed by atoms with E-state index in [9.17, 15) is 0 Å². The van der Waals surface area contributed by atoms with Crippen molar-refractivity contribution < 1.29 is 0 Å². The molecule has 3 rings (SSSR count). The lowest BCUT2D eigenvalue weighted by Gasteiger charge is -2.31. The second-order valence-electron chi connectivity index (χ2n) is 4.75. The number of fused-ring (bicyclic) bond motifs is 1. The van der Waals surface area contributed by atoms with E-state index in [0.717, 1.165) is 42.9 Å². The molecule has 2 aromatic rings. The van der Waals surface area contributed by atoms with Gasteiger partial charge in [-0.1, -0.05) is 18.2 Å². The van der Waals surface area contributed by atoms with Crippen molar-refractivity contribution in [3.05, 3.63) is 36.3 Å². The monoisotopic (exact) mass is 242 g/mol. The molecule has 0 saturated carbocycles. The molecule has 1 fully saturated rings. The maximum Gasteiger partial charge on any atom is 0.145 e. The summed E-state index contributed by atoms with van der Waals surface area (Å²) in [7, 11) is 0. The number of piperazine rings is 1. The molecule has 1 N–H and O–H groups in total. The van der Waals surface area contributed by atoms with Crippen LogP contribution in [0.1, 0.15) is 18.8 Å². The Kier molecular flexibility index (Phi) is 3.21. The van der Waals surface area contributed by atoms with Crippen LogP contribution in [0.3, 0.4) is 0 Å². The summed E-state index contributed by atoms with van der Waals surface area (Å²) in [5.41, 5.74) is 1.03. The number of benzene rings is 1. The van der Waals surface area contributed by atoms with E-state index < -0.39 is 0 Å². The Hall–Kier alpha value is -1.52. The number of hydrogen-bond donors (Lipinski definition) is 1. The van der Waals surface area contributed by atoms with Crippen molar-refractivity contribution in [1.82, 2.24) is 20.2 Å². The molecule has 0 spiro atoms. The molecule has 0 radical (unpaired) electrons. The first-order valence-corrected chi connectivity index (χ1v) is 6.51. The van der Waals surface area contributed by atoms with Gasteiger partial charge >= 0.3 is 0 Å². The molecule has 18 heavy (non-hydrogen) atoms. The number of hydrogen-bond acceptors (Lipinski definition) is 4. The zero-order chi connectivity index (χ0) is 12.4. The van der Waals surface area contributed by atoms with Crippen LogP contribution < -0.4 is 5.32 Å². The second kappa shape index (κ2) is 5.00. The Bertz CT molecular complexity index is 534. The van der Waals surface area contributed by atoms with Gasteiger partial charge in [-0.25, -0.2) is 9.97 Å². The largest absolute Gasteiger partial charge is 0.314 e. The van der Waals surface area contributed by atoms with Gasteiger partial charge in [0.1, 0.15) is 5.82 Å². The Labute approximate surface area is 107 Å². The van der Waals surface area contributed by atoms with Crippen molar-refractivity contribution in [1.29, 1.82) is 0 Å². The molecular formula is C14H18N4. The minimum absolute atomic E-state index is 0.289. The Morgan fingerprint density at radius 1 is 1.22 bits per heavy atom. The summed E-state index contributed by atoms with van der Waals surface area (Å²) in [6, 6.07) is 8.43. The Morgan fingerprint density at radius 2 is 2.00 bits per heavy atom. The minimum atomic E-state index is 0.289. The molecule has 0 unspecified atom stereocenters. The van der Waals surface area contributed by atoms with Crippen LogP contribution in [0, 0.1) is 0 Å². The van der Waals surface area contributed by atoms with Gasteiger partial charge in [0.2, 0.25) is 0 Å². The highest BCUT2D eigenvalue weighted by Gasteiger charge is 2.20. The van der Waals surface area contributed by atoms with Crippen LogP contribution in [0.2, 0.25) is 0 Å². The van der Waals surface area contributed by atoms with Crippen molar-refractivity contribution in [2.45, 2.75) is 13.0 Å². The number of nitrogens with zero attached hydrogens (tertiary/aromatic N) is 3. The van der Waals surface area contributed by atoms with E-state index >= 15 is 0 Å². The van der Waals surface area contributed by atoms with E-state index in [2.05, 4.69) is 33.2 Å². The molecule has 2 heterocycles. The van der Waals surface area contributed by atoms with Crippen molar-refractivity contribution in [2.75, 3.05) is 26.2 Å². The predicted octanol–water partition coefficient (Wildman–Crippen LogP) is 1.60. The van der Waals surface area contributed by atoms with E-state index in [4.69, 9.17) is 0 Å². The first-order valence-electron chi connectivity index (χ1n) is 6.51. The maximum atomic E-state index is 4.68. The number of rotatable bonds is 2. The van der Waals surface area contributed by atoms with Crippen LogP contribution in [-0.2, 0) is 0 Å². The lowest BCUT2D eigenvalue weighted by molar-refractivity contribution is 0.179. The van der Waals surface area contributed by atoms with Gasteiger partial charge in [0.15, 0.2) is 0 Å². The molecule has 1 aliphatic heterocycles. The van der Waals surface area contributed by atoms with Gasteiger partial charge < -0.3 is 5.32 Å². The highest BCUT2D eigenvalue weighted by molar-refractivity contribution is 5.77. The third-order valence-electron chi connectivity index (χ3n) is 3.58.